The number of rotatable bonds is 4. The Kier molecular flexibility index (Phi) is 5.19. The number of carbonyl (C=O) groups is 2. The third-order valence-corrected chi connectivity index (χ3v) is 5.23. The fourth-order valence-electron chi connectivity index (χ4n) is 3.74. The molecule has 130 valence electrons. The second-order valence-corrected chi connectivity index (χ2v) is 6.93. The van der Waals surface area contributed by atoms with Gasteiger partial charge in [-0.15, -0.1) is 0 Å². The number of likely N-dealkylation sites (tertiary alicyclic amines) is 1. The van der Waals surface area contributed by atoms with Gasteiger partial charge in [-0.05, 0) is 63.7 Å². The first-order chi connectivity index (χ1) is 11.5. The Morgan fingerprint density at radius 1 is 1.21 bits per heavy atom. The summed E-state index contributed by atoms with van der Waals surface area (Å²) >= 11 is 0. The topological polar surface area (TPSA) is 58.6 Å². The number of fused-ring (bicyclic) bond motifs is 1. The summed E-state index contributed by atoms with van der Waals surface area (Å²) in [6, 6.07) is 7.02. The van der Waals surface area contributed by atoms with Crippen LogP contribution < -0.4 is 10.1 Å². The summed E-state index contributed by atoms with van der Waals surface area (Å²) in [5.41, 5.74) is 0.599. The number of carbonyl (C=O) groups excluding carboxylic acids is 2. The van der Waals surface area contributed by atoms with Crippen molar-refractivity contribution in [2.45, 2.75) is 32.8 Å². The third-order valence-electron chi connectivity index (χ3n) is 5.23. The van der Waals surface area contributed by atoms with Crippen molar-refractivity contribution in [3.63, 3.8) is 0 Å². The average molecular weight is 330 g/mol. The highest BCUT2D eigenvalue weighted by atomic mass is 16.5. The molecule has 5 heteroatoms. The molecule has 2 saturated heterocycles. The zero-order chi connectivity index (χ0) is 17.1. The Morgan fingerprint density at radius 2 is 1.88 bits per heavy atom. The molecular formula is C19H26N2O3. The minimum absolute atomic E-state index is 0.00732. The number of hydrogen-bond donors (Lipinski definition) is 1. The molecule has 0 bridgehead atoms. The number of nitrogens with zero attached hydrogens (tertiary/aromatic N) is 1. The molecule has 1 N–H and O–H groups in total. The number of ketones is 1. The zero-order valence-electron chi connectivity index (χ0n) is 14.5. The first kappa shape index (κ1) is 17.0. The van der Waals surface area contributed by atoms with Gasteiger partial charge in [-0.25, -0.2) is 0 Å². The van der Waals surface area contributed by atoms with Gasteiger partial charge < -0.3 is 15.0 Å². The van der Waals surface area contributed by atoms with Gasteiger partial charge in [0.1, 0.15) is 5.75 Å². The maximum atomic E-state index is 12.7. The molecular weight excluding hydrogens is 304 g/mol. The van der Waals surface area contributed by atoms with E-state index in [1.807, 2.05) is 4.90 Å². The Hall–Kier alpha value is -1.88. The number of benzene rings is 1. The van der Waals surface area contributed by atoms with E-state index in [4.69, 9.17) is 4.74 Å². The summed E-state index contributed by atoms with van der Waals surface area (Å²) in [6.07, 6.45) is 1.59. The molecule has 2 fully saturated rings. The Morgan fingerprint density at radius 3 is 2.50 bits per heavy atom. The van der Waals surface area contributed by atoms with E-state index in [0.29, 0.717) is 23.1 Å². The van der Waals surface area contributed by atoms with Crippen LogP contribution >= 0.6 is 0 Å². The van der Waals surface area contributed by atoms with Crippen LogP contribution in [0.15, 0.2) is 24.3 Å². The predicted octanol–water partition coefficient (Wildman–Crippen LogP) is 2.11. The molecule has 0 spiro atoms. The molecule has 2 aliphatic heterocycles. The second-order valence-electron chi connectivity index (χ2n) is 6.93. The van der Waals surface area contributed by atoms with Crippen molar-refractivity contribution in [3.8, 4) is 5.75 Å². The van der Waals surface area contributed by atoms with Crippen molar-refractivity contribution in [1.82, 2.24) is 10.2 Å². The minimum atomic E-state index is -0.539. The van der Waals surface area contributed by atoms with Gasteiger partial charge in [-0.1, -0.05) is 12.1 Å². The van der Waals surface area contributed by atoms with Gasteiger partial charge in [0, 0.05) is 18.7 Å². The average Bonchev–Trinajstić information content (AvgIpc) is 2.93. The predicted molar refractivity (Wildman–Crippen MR) is 92.2 cm³/mol. The summed E-state index contributed by atoms with van der Waals surface area (Å²) < 4.78 is 5.80. The monoisotopic (exact) mass is 330 g/mol. The van der Waals surface area contributed by atoms with Crippen molar-refractivity contribution >= 4 is 11.7 Å². The molecule has 1 unspecified atom stereocenters. The lowest BCUT2D eigenvalue weighted by Crippen LogP contribution is -2.41. The molecule has 5 nitrogen and oxygen atoms in total. The number of nitrogens with one attached hydrogen (secondary N) is 1. The summed E-state index contributed by atoms with van der Waals surface area (Å²) in [6.45, 7) is 7.09. The van der Waals surface area contributed by atoms with Crippen LogP contribution in [0.2, 0.25) is 0 Å². The van der Waals surface area contributed by atoms with Crippen molar-refractivity contribution in [3.05, 3.63) is 29.8 Å². The number of ether oxygens (including phenoxy) is 1. The van der Waals surface area contributed by atoms with Crippen LogP contribution in [0.3, 0.4) is 0 Å². The molecule has 2 heterocycles. The fraction of sp³-hybridized carbons (Fsp3) is 0.579. The highest BCUT2D eigenvalue weighted by Crippen LogP contribution is 2.27. The third kappa shape index (κ3) is 3.78. The first-order valence-electron chi connectivity index (χ1n) is 8.81. The number of amides is 1. The lowest BCUT2D eigenvalue weighted by Gasteiger charge is -2.25. The Balaban J connectivity index is 1.60. The van der Waals surface area contributed by atoms with Gasteiger partial charge in [0.25, 0.3) is 5.91 Å². The van der Waals surface area contributed by atoms with Crippen LogP contribution in [0.4, 0.5) is 0 Å². The zero-order valence-corrected chi connectivity index (χ0v) is 14.5. The molecule has 0 saturated carbocycles. The minimum Gasteiger partial charge on any atom is -0.481 e. The SMILES string of the molecule is CC(=O)c1cccc(OC(C)C(=O)N2CC[C@@H]3CNC[C@@H]3CC2)c1. The highest BCUT2D eigenvalue weighted by molar-refractivity contribution is 5.94. The van der Waals surface area contributed by atoms with Crippen LogP contribution in [0, 0.1) is 11.8 Å². The molecule has 0 aliphatic carbocycles. The van der Waals surface area contributed by atoms with Crippen LogP contribution in [0.1, 0.15) is 37.0 Å². The van der Waals surface area contributed by atoms with E-state index < -0.39 is 6.10 Å². The highest BCUT2D eigenvalue weighted by Gasteiger charge is 2.32. The van der Waals surface area contributed by atoms with Crippen molar-refractivity contribution in [2.75, 3.05) is 26.2 Å². The van der Waals surface area contributed by atoms with Crippen molar-refractivity contribution < 1.29 is 14.3 Å². The Bertz CT molecular complexity index is 602. The lowest BCUT2D eigenvalue weighted by molar-refractivity contribution is -0.137. The second kappa shape index (κ2) is 7.34. The maximum Gasteiger partial charge on any atom is 0.263 e. The summed E-state index contributed by atoms with van der Waals surface area (Å²) in [7, 11) is 0. The largest absolute Gasteiger partial charge is 0.481 e. The van der Waals surface area contributed by atoms with E-state index in [-0.39, 0.29) is 11.7 Å². The molecule has 1 aromatic rings. The van der Waals surface area contributed by atoms with Gasteiger partial charge in [0.15, 0.2) is 11.9 Å². The van der Waals surface area contributed by atoms with E-state index in [0.717, 1.165) is 39.0 Å². The molecule has 0 aromatic heterocycles. The molecule has 2 aliphatic rings. The molecule has 3 atom stereocenters. The van der Waals surface area contributed by atoms with Crippen molar-refractivity contribution in [1.29, 1.82) is 0 Å². The quantitative estimate of drug-likeness (QED) is 0.859. The fourth-order valence-corrected chi connectivity index (χ4v) is 3.74. The van der Waals surface area contributed by atoms with Gasteiger partial charge in [0.2, 0.25) is 0 Å². The summed E-state index contributed by atoms with van der Waals surface area (Å²) in [5, 5.41) is 3.45. The smallest absolute Gasteiger partial charge is 0.263 e. The van der Waals surface area contributed by atoms with Crippen molar-refractivity contribution in [2.24, 2.45) is 11.8 Å². The van der Waals surface area contributed by atoms with E-state index in [9.17, 15) is 9.59 Å². The maximum absolute atomic E-state index is 12.7. The summed E-state index contributed by atoms with van der Waals surface area (Å²) in [5.74, 6) is 2.00. The van der Waals surface area contributed by atoms with Crippen LogP contribution in [-0.4, -0.2) is 48.9 Å². The van der Waals surface area contributed by atoms with Gasteiger partial charge in [0.05, 0.1) is 0 Å². The van der Waals surface area contributed by atoms with E-state index >= 15 is 0 Å². The molecule has 1 amide bonds. The number of hydrogen-bond acceptors (Lipinski definition) is 4. The standard InChI is InChI=1S/C19H26N2O3/c1-13(22)15-4-3-5-18(10-15)24-14(2)19(23)21-8-6-16-11-20-12-17(16)7-9-21/h3-5,10,14,16-17,20H,6-9,11-12H2,1-2H3/t14?,16-,17+. The first-order valence-corrected chi connectivity index (χ1v) is 8.81. The normalized spacial score (nSPS) is 24.8. The number of Topliss-reactive ketones (excluding diaryl/α,β-unsaturated/α-hetero) is 1. The Labute approximate surface area is 143 Å². The molecule has 0 radical (unpaired) electrons. The lowest BCUT2D eigenvalue weighted by atomic mass is 9.92. The van der Waals surface area contributed by atoms with Crippen LogP contribution in [-0.2, 0) is 4.79 Å². The summed E-state index contributed by atoms with van der Waals surface area (Å²) in [4.78, 5) is 26.1. The van der Waals surface area contributed by atoms with E-state index in [2.05, 4.69) is 5.32 Å². The van der Waals surface area contributed by atoms with Gasteiger partial charge in [-0.3, -0.25) is 9.59 Å². The molecule has 1 aromatic carbocycles. The van der Waals surface area contributed by atoms with Crippen LogP contribution in [0.25, 0.3) is 0 Å². The van der Waals surface area contributed by atoms with Gasteiger partial charge >= 0.3 is 0 Å². The molecule has 3 rings (SSSR count). The van der Waals surface area contributed by atoms with E-state index in [1.54, 1.807) is 31.2 Å². The molecule has 24 heavy (non-hydrogen) atoms. The van der Waals surface area contributed by atoms with Crippen LogP contribution in [0.5, 0.6) is 5.75 Å². The van der Waals surface area contributed by atoms with Gasteiger partial charge in [-0.2, -0.15) is 0 Å². The van der Waals surface area contributed by atoms with E-state index in [1.165, 1.54) is 6.92 Å².